The number of nitrogens with one attached hydrogen (secondary N) is 1. The zero-order chi connectivity index (χ0) is 17.1. The van der Waals surface area contributed by atoms with Crippen molar-refractivity contribution in [2.45, 2.75) is 6.42 Å². The van der Waals surface area contributed by atoms with Crippen LogP contribution >= 0.6 is 11.3 Å². The van der Waals surface area contributed by atoms with Crippen LogP contribution in [-0.4, -0.2) is 26.8 Å². The lowest BCUT2D eigenvalue weighted by Gasteiger charge is -2.01. The Balaban J connectivity index is 1.37. The maximum absolute atomic E-state index is 12.3. The van der Waals surface area contributed by atoms with Gasteiger partial charge in [0.2, 0.25) is 0 Å². The SMILES string of the molecule is O=C(NCCc1cn2ccccc2n1)c1csc(-c2ccccc2)n1. The highest BCUT2D eigenvalue weighted by molar-refractivity contribution is 7.13. The molecule has 124 valence electrons. The molecule has 0 saturated heterocycles. The molecule has 25 heavy (non-hydrogen) atoms. The fourth-order valence-corrected chi connectivity index (χ4v) is 3.40. The molecule has 1 amide bonds. The number of fused-ring (bicyclic) bond motifs is 1. The van der Waals surface area contributed by atoms with Crippen molar-refractivity contribution >= 4 is 22.9 Å². The number of benzene rings is 1. The predicted molar refractivity (Wildman–Crippen MR) is 98.8 cm³/mol. The van der Waals surface area contributed by atoms with E-state index in [0.29, 0.717) is 18.7 Å². The first-order valence-electron chi connectivity index (χ1n) is 8.01. The summed E-state index contributed by atoms with van der Waals surface area (Å²) in [5.74, 6) is -0.151. The summed E-state index contributed by atoms with van der Waals surface area (Å²) in [5, 5.41) is 5.56. The molecule has 0 bridgehead atoms. The highest BCUT2D eigenvalue weighted by Gasteiger charge is 2.11. The molecular weight excluding hydrogens is 332 g/mol. The topological polar surface area (TPSA) is 59.3 Å². The lowest BCUT2D eigenvalue weighted by molar-refractivity contribution is 0.0950. The van der Waals surface area contributed by atoms with Crippen molar-refractivity contribution in [2.24, 2.45) is 0 Å². The molecule has 0 aliphatic carbocycles. The van der Waals surface area contributed by atoms with E-state index in [2.05, 4.69) is 15.3 Å². The van der Waals surface area contributed by atoms with Gasteiger partial charge in [-0.2, -0.15) is 0 Å². The zero-order valence-electron chi connectivity index (χ0n) is 13.4. The molecule has 3 heterocycles. The Labute approximate surface area is 149 Å². The molecule has 1 N–H and O–H groups in total. The lowest BCUT2D eigenvalue weighted by Crippen LogP contribution is -2.26. The number of rotatable bonds is 5. The van der Waals surface area contributed by atoms with Crippen LogP contribution in [0.15, 0.2) is 66.3 Å². The highest BCUT2D eigenvalue weighted by atomic mass is 32.1. The van der Waals surface area contributed by atoms with E-state index in [1.165, 1.54) is 11.3 Å². The van der Waals surface area contributed by atoms with E-state index in [1.54, 1.807) is 5.38 Å². The monoisotopic (exact) mass is 348 g/mol. The van der Waals surface area contributed by atoms with E-state index < -0.39 is 0 Å². The quantitative estimate of drug-likeness (QED) is 0.601. The molecular formula is C19H16N4OS. The van der Waals surface area contributed by atoms with Crippen LogP contribution in [0.3, 0.4) is 0 Å². The Hall–Kier alpha value is -2.99. The number of hydrogen-bond acceptors (Lipinski definition) is 4. The van der Waals surface area contributed by atoms with Crippen LogP contribution in [0.4, 0.5) is 0 Å². The fraction of sp³-hybridized carbons (Fsp3) is 0.105. The number of carbonyl (C=O) groups excluding carboxylic acids is 1. The molecule has 6 heteroatoms. The van der Waals surface area contributed by atoms with Gasteiger partial charge in [-0.3, -0.25) is 4.79 Å². The second-order valence-corrected chi connectivity index (χ2v) is 6.47. The maximum Gasteiger partial charge on any atom is 0.270 e. The molecule has 0 atom stereocenters. The molecule has 0 aliphatic rings. The predicted octanol–water partition coefficient (Wildman–Crippen LogP) is 3.43. The molecule has 1 aromatic carbocycles. The molecule has 3 aromatic heterocycles. The maximum atomic E-state index is 12.3. The normalized spacial score (nSPS) is 10.9. The van der Waals surface area contributed by atoms with E-state index in [1.807, 2.05) is 65.3 Å². The summed E-state index contributed by atoms with van der Waals surface area (Å²) >= 11 is 1.48. The van der Waals surface area contributed by atoms with Gasteiger partial charge in [0.15, 0.2) is 0 Å². The first-order chi connectivity index (χ1) is 12.3. The zero-order valence-corrected chi connectivity index (χ0v) is 14.2. The Bertz CT molecular complexity index is 973. The van der Waals surface area contributed by atoms with Crippen molar-refractivity contribution in [1.82, 2.24) is 19.7 Å². The third-order valence-electron chi connectivity index (χ3n) is 3.84. The minimum atomic E-state index is -0.151. The van der Waals surface area contributed by atoms with Crippen molar-refractivity contribution in [3.63, 3.8) is 0 Å². The number of pyridine rings is 1. The Morgan fingerprint density at radius 3 is 2.76 bits per heavy atom. The van der Waals surface area contributed by atoms with Crippen molar-refractivity contribution in [2.75, 3.05) is 6.54 Å². The number of aromatic nitrogens is 3. The standard InChI is InChI=1S/C19H16N4OS/c24-18(16-13-25-19(22-16)14-6-2-1-3-7-14)20-10-9-15-12-23-11-5-4-8-17(23)21-15/h1-8,11-13H,9-10H2,(H,20,24). The van der Waals surface area contributed by atoms with Gasteiger partial charge in [0.25, 0.3) is 5.91 Å². The minimum Gasteiger partial charge on any atom is -0.350 e. The third-order valence-corrected chi connectivity index (χ3v) is 4.73. The molecule has 4 rings (SSSR count). The third kappa shape index (κ3) is 3.44. The number of nitrogens with zero attached hydrogens (tertiary/aromatic N) is 3. The van der Waals surface area contributed by atoms with Crippen LogP contribution in [0, 0.1) is 0 Å². The molecule has 0 aliphatic heterocycles. The summed E-state index contributed by atoms with van der Waals surface area (Å²) in [7, 11) is 0. The number of amides is 1. The molecule has 0 fully saturated rings. The largest absolute Gasteiger partial charge is 0.350 e. The van der Waals surface area contributed by atoms with Crippen LogP contribution in [0.2, 0.25) is 0 Å². The molecule has 4 aromatic rings. The van der Waals surface area contributed by atoms with Gasteiger partial charge in [-0.05, 0) is 12.1 Å². The second kappa shape index (κ2) is 6.86. The second-order valence-electron chi connectivity index (χ2n) is 5.61. The van der Waals surface area contributed by atoms with Gasteiger partial charge in [-0.25, -0.2) is 9.97 Å². The van der Waals surface area contributed by atoms with Gasteiger partial charge >= 0.3 is 0 Å². The molecule has 0 radical (unpaired) electrons. The minimum absolute atomic E-state index is 0.151. The van der Waals surface area contributed by atoms with Crippen molar-refractivity contribution in [1.29, 1.82) is 0 Å². The smallest absolute Gasteiger partial charge is 0.270 e. The molecule has 0 spiro atoms. The Morgan fingerprint density at radius 1 is 1.08 bits per heavy atom. The number of hydrogen-bond donors (Lipinski definition) is 1. The van der Waals surface area contributed by atoms with Crippen molar-refractivity contribution < 1.29 is 4.79 Å². The van der Waals surface area contributed by atoms with E-state index in [9.17, 15) is 4.79 Å². The fourth-order valence-electron chi connectivity index (χ4n) is 2.59. The first kappa shape index (κ1) is 15.5. The average Bonchev–Trinajstić information content (AvgIpc) is 3.29. The number of thiazole rings is 1. The molecule has 0 unspecified atom stereocenters. The van der Waals surface area contributed by atoms with Gasteiger partial charge in [0.05, 0.1) is 5.69 Å². The Kier molecular flexibility index (Phi) is 4.26. The Morgan fingerprint density at radius 2 is 1.92 bits per heavy atom. The van der Waals surface area contributed by atoms with E-state index in [-0.39, 0.29) is 5.91 Å². The van der Waals surface area contributed by atoms with Crippen molar-refractivity contribution in [3.8, 4) is 10.6 Å². The highest BCUT2D eigenvalue weighted by Crippen LogP contribution is 2.23. The molecule has 0 saturated carbocycles. The summed E-state index contributed by atoms with van der Waals surface area (Å²) in [6.45, 7) is 0.529. The summed E-state index contributed by atoms with van der Waals surface area (Å²) < 4.78 is 1.98. The summed E-state index contributed by atoms with van der Waals surface area (Å²) in [6, 6.07) is 15.8. The van der Waals surface area contributed by atoms with Crippen LogP contribution in [0.25, 0.3) is 16.2 Å². The number of carbonyl (C=O) groups is 1. The van der Waals surface area contributed by atoms with Gasteiger partial charge in [-0.15, -0.1) is 11.3 Å². The van der Waals surface area contributed by atoms with Crippen molar-refractivity contribution in [3.05, 3.63) is 77.7 Å². The number of imidazole rings is 1. The van der Waals surface area contributed by atoms with Crippen LogP contribution in [0.5, 0.6) is 0 Å². The van der Waals surface area contributed by atoms with Crippen LogP contribution < -0.4 is 5.32 Å². The van der Waals surface area contributed by atoms with E-state index in [4.69, 9.17) is 0 Å². The van der Waals surface area contributed by atoms with E-state index >= 15 is 0 Å². The first-order valence-corrected chi connectivity index (χ1v) is 8.89. The van der Waals surface area contributed by atoms with Crippen LogP contribution in [0.1, 0.15) is 16.2 Å². The van der Waals surface area contributed by atoms with Gasteiger partial charge < -0.3 is 9.72 Å². The van der Waals surface area contributed by atoms with E-state index in [0.717, 1.165) is 21.9 Å². The molecule has 5 nitrogen and oxygen atoms in total. The summed E-state index contributed by atoms with van der Waals surface area (Å²) in [4.78, 5) is 21.2. The summed E-state index contributed by atoms with van der Waals surface area (Å²) in [6.07, 6.45) is 4.63. The average molecular weight is 348 g/mol. The van der Waals surface area contributed by atoms with Gasteiger partial charge in [0, 0.05) is 36.3 Å². The van der Waals surface area contributed by atoms with Gasteiger partial charge in [-0.1, -0.05) is 36.4 Å². The van der Waals surface area contributed by atoms with Gasteiger partial charge in [0.1, 0.15) is 16.3 Å². The summed E-state index contributed by atoms with van der Waals surface area (Å²) in [5.41, 5.74) is 3.35. The lowest BCUT2D eigenvalue weighted by atomic mass is 10.2. The van der Waals surface area contributed by atoms with Crippen LogP contribution in [-0.2, 0) is 6.42 Å².